The maximum absolute atomic E-state index is 13.9. The molecule has 0 bridgehead atoms. The fourth-order valence-corrected chi connectivity index (χ4v) is 5.69. The quantitative estimate of drug-likeness (QED) is 0.358. The van der Waals surface area contributed by atoms with Crippen molar-refractivity contribution < 1.29 is 14.3 Å². The SMILES string of the molecule is COc1ccc(C2Nc3ccc4ccccc4c3C3=C2C(=O)CC(c2ccccc2)C3)cc1OC. The Labute approximate surface area is 205 Å². The third kappa shape index (κ3) is 3.57. The van der Waals surface area contributed by atoms with Gasteiger partial charge in [-0.25, -0.2) is 0 Å². The summed E-state index contributed by atoms with van der Waals surface area (Å²) in [6.45, 7) is 0. The minimum Gasteiger partial charge on any atom is -0.493 e. The molecule has 0 spiro atoms. The number of fused-ring (bicyclic) bond motifs is 4. The summed E-state index contributed by atoms with van der Waals surface area (Å²) >= 11 is 0. The van der Waals surface area contributed by atoms with E-state index in [1.807, 2.05) is 24.3 Å². The average Bonchev–Trinajstić information content (AvgIpc) is 2.92. The number of hydrogen-bond donors (Lipinski definition) is 1. The van der Waals surface area contributed by atoms with Gasteiger partial charge < -0.3 is 14.8 Å². The molecule has 1 aliphatic heterocycles. The molecule has 0 saturated heterocycles. The summed E-state index contributed by atoms with van der Waals surface area (Å²) < 4.78 is 11.0. The van der Waals surface area contributed by atoms with Crippen molar-refractivity contribution in [2.45, 2.75) is 24.8 Å². The second kappa shape index (κ2) is 8.62. The van der Waals surface area contributed by atoms with Gasteiger partial charge in [0.05, 0.1) is 20.3 Å². The lowest BCUT2D eigenvalue weighted by atomic mass is 9.71. The Bertz CT molecular complexity index is 1470. The van der Waals surface area contributed by atoms with E-state index in [1.165, 1.54) is 16.3 Å². The first-order valence-corrected chi connectivity index (χ1v) is 12.0. The third-order valence-electron chi connectivity index (χ3n) is 7.34. The predicted octanol–water partition coefficient (Wildman–Crippen LogP) is 6.92. The maximum Gasteiger partial charge on any atom is 0.162 e. The standard InChI is InChI=1S/C31H27NO3/c1-34-27-15-13-21(18-28(27)35-2)31-30-24(16-22(17-26(30)33)19-8-4-3-5-9-19)29-23-11-7-6-10-20(23)12-14-25(29)32-31/h3-15,18,22,31-32H,16-17H2,1-2H3. The van der Waals surface area contributed by atoms with E-state index in [9.17, 15) is 4.79 Å². The third-order valence-corrected chi connectivity index (χ3v) is 7.34. The first kappa shape index (κ1) is 21.5. The molecule has 35 heavy (non-hydrogen) atoms. The van der Waals surface area contributed by atoms with Gasteiger partial charge >= 0.3 is 0 Å². The van der Waals surface area contributed by atoms with Gasteiger partial charge in [0.2, 0.25) is 0 Å². The molecule has 0 aromatic heterocycles. The number of ketones is 1. The van der Waals surface area contributed by atoms with E-state index in [2.05, 4.69) is 66.0 Å². The number of carbonyl (C=O) groups is 1. The number of ether oxygens (including phenoxy) is 2. The highest BCUT2D eigenvalue weighted by molar-refractivity contribution is 6.13. The van der Waals surface area contributed by atoms with E-state index >= 15 is 0 Å². The van der Waals surface area contributed by atoms with Crippen molar-refractivity contribution in [3.63, 3.8) is 0 Å². The molecule has 0 amide bonds. The zero-order valence-corrected chi connectivity index (χ0v) is 19.9. The molecule has 0 saturated carbocycles. The van der Waals surface area contributed by atoms with Crippen LogP contribution < -0.4 is 14.8 Å². The van der Waals surface area contributed by atoms with Crippen LogP contribution in [0.3, 0.4) is 0 Å². The summed E-state index contributed by atoms with van der Waals surface area (Å²) in [7, 11) is 3.27. The van der Waals surface area contributed by atoms with Crippen LogP contribution in [0.1, 0.15) is 41.5 Å². The first-order chi connectivity index (χ1) is 17.2. The van der Waals surface area contributed by atoms with Crippen LogP contribution in [0.25, 0.3) is 16.3 Å². The number of allylic oxidation sites excluding steroid dienone is 1. The van der Waals surface area contributed by atoms with Crippen molar-refractivity contribution in [3.8, 4) is 11.5 Å². The van der Waals surface area contributed by atoms with E-state index in [4.69, 9.17) is 9.47 Å². The Morgan fingerprint density at radius 1 is 0.771 bits per heavy atom. The van der Waals surface area contributed by atoms with Gasteiger partial charge in [-0.2, -0.15) is 0 Å². The monoisotopic (exact) mass is 461 g/mol. The molecule has 1 heterocycles. The lowest BCUT2D eigenvalue weighted by Crippen LogP contribution is -2.29. The smallest absolute Gasteiger partial charge is 0.162 e. The molecule has 0 fully saturated rings. The Morgan fingerprint density at radius 2 is 1.54 bits per heavy atom. The maximum atomic E-state index is 13.9. The first-order valence-electron chi connectivity index (χ1n) is 12.0. The largest absolute Gasteiger partial charge is 0.493 e. The lowest BCUT2D eigenvalue weighted by molar-refractivity contribution is -0.116. The summed E-state index contributed by atoms with van der Waals surface area (Å²) in [6, 6.07) is 28.8. The van der Waals surface area contributed by atoms with Crippen molar-refractivity contribution in [3.05, 3.63) is 107 Å². The van der Waals surface area contributed by atoms with Gasteiger partial charge in [0.15, 0.2) is 17.3 Å². The van der Waals surface area contributed by atoms with E-state index in [0.717, 1.165) is 34.4 Å². The van der Waals surface area contributed by atoms with Crippen molar-refractivity contribution >= 4 is 27.8 Å². The highest BCUT2D eigenvalue weighted by Gasteiger charge is 2.38. The molecule has 2 atom stereocenters. The van der Waals surface area contributed by atoms with E-state index in [1.54, 1.807) is 14.2 Å². The normalized spacial score (nSPS) is 19.1. The molecule has 4 aromatic rings. The number of rotatable bonds is 4. The number of nitrogens with one attached hydrogen (secondary N) is 1. The van der Waals surface area contributed by atoms with E-state index in [-0.39, 0.29) is 17.7 Å². The van der Waals surface area contributed by atoms with Crippen LogP contribution in [0.15, 0.2) is 90.5 Å². The molecular weight excluding hydrogens is 434 g/mol. The predicted molar refractivity (Wildman–Crippen MR) is 140 cm³/mol. The summed E-state index contributed by atoms with van der Waals surface area (Å²) in [5.74, 6) is 1.69. The summed E-state index contributed by atoms with van der Waals surface area (Å²) in [5.41, 5.74) is 6.44. The van der Waals surface area contributed by atoms with Gasteiger partial charge in [-0.05, 0) is 58.0 Å². The van der Waals surface area contributed by atoms with Crippen molar-refractivity contribution in [1.29, 1.82) is 0 Å². The van der Waals surface area contributed by atoms with Crippen molar-refractivity contribution in [2.24, 2.45) is 0 Å². The fourth-order valence-electron chi connectivity index (χ4n) is 5.69. The number of carbonyl (C=O) groups excluding carboxylic acids is 1. The van der Waals surface area contributed by atoms with Gasteiger partial charge in [-0.1, -0.05) is 66.7 Å². The minimum atomic E-state index is -0.248. The van der Waals surface area contributed by atoms with Crippen molar-refractivity contribution in [1.82, 2.24) is 0 Å². The van der Waals surface area contributed by atoms with Crippen LogP contribution in [-0.4, -0.2) is 20.0 Å². The Morgan fingerprint density at radius 3 is 2.34 bits per heavy atom. The number of Topliss-reactive ketones (excluding diaryl/α,β-unsaturated/α-hetero) is 1. The number of anilines is 1. The lowest BCUT2D eigenvalue weighted by Gasteiger charge is -2.37. The highest BCUT2D eigenvalue weighted by atomic mass is 16.5. The Kier molecular flexibility index (Phi) is 5.29. The minimum absolute atomic E-state index is 0.165. The van der Waals surface area contributed by atoms with Crippen LogP contribution in [-0.2, 0) is 4.79 Å². The van der Waals surface area contributed by atoms with Gasteiger partial charge in [-0.15, -0.1) is 0 Å². The summed E-state index contributed by atoms with van der Waals surface area (Å²) in [4.78, 5) is 13.9. The summed E-state index contributed by atoms with van der Waals surface area (Å²) in [6.07, 6.45) is 1.34. The van der Waals surface area contributed by atoms with Gasteiger partial charge in [0.1, 0.15) is 0 Å². The zero-order chi connectivity index (χ0) is 23.9. The van der Waals surface area contributed by atoms with Gasteiger partial charge in [0.25, 0.3) is 0 Å². The number of hydrogen-bond acceptors (Lipinski definition) is 4. The van der Waals surface area contributed by atoms with Crippen LogP contribution in [0.4, 0.5) is 5.69 Å². The molecule has 0 radical (unpaired) electrons. The molecule has 4 heteroatoms. The summed E-state index contributed by atoms with van der Waals surface area (Å²) in [5, 5.41) is 6.06. The van der Waals surface area contributed by atoms with Crippen LogP contribution in [0, 0.1) is 0 Å². The molecule has 2 unspecified atom stereocenters. The molecule has 1 aliphatic carbocycles. The van der Waals surface area contributed by atoms with Crippen LogP contribution >= 0.6 is 0 Å². The molecule has 6 rings (SSSR count). The molecular formula is C31H27NO3. The second-order valence-electron chi connectivity index (χ2n) is 9.23. The van der Waals surface area contributed by atoms with E-state index in [0.29, 0.717) is 17.9 Å². The van der Waals surface area contributed by atoms with Crippen LogP contribution in [0.2, 0.25) is 0 Å². The fraction of sp³-hybridized carbons (Fsp3) is 0.194. The zero-order valence-electron chi connectivity index (χ0n) is 19.9. The van der Waals surface area contributed by atoms with Gasteiger partial charge in [-0.3, -0.25) is 4.79 Å². The Balaban J connectivity index is 1.56. The Hall–Kier alpha value is -4.05. The number of methoxy groups -OCH3 is 2. The average molecular weight is 462 g/mol. The second-order valence-corrected chi connectivity index (χ2v) is 9.23. The highest BCUT2D eigenvalue weighted by Crippen LogP contribution is 2.51. The topological polar surface area (TPSA) is 47.6 Å². The van der Waals surface area contributed by atoms with Crippen LogP contribution in [0.5, 0.6) is 11.5 Å². The van der Waals surface area contributed by atoms with E-state index < -0.39 is 0 Å². The van der Waals surface area contributed by atoms with Gasteiger partial charge in [0, 0.05) is 23.2 Å². The molecule has 4 nitrogen and oxygen atoms in total. The van der Waals surface area contributed by atoms with Crippen molar-refractivity contribution in [2.75, 3.05) is 19.5 Å². The molecule has 1 N–H and O–H groups in total. The molecule has 2 aliphatic rings. The molecule has 4 aromatic carbocycles. The molecule has 174 valence electrons. The number of benzene rings is 4.